The molecule has 0 aliphatic rings. The molecule has 1 heterocycles. The first kappa shape index (κ1) is 10.8. The van der Waals surface area contributed by atoms with Crippen LogP contribution >= 0.6 is 11.8 Å². The van der Waals surface area contributed by atoms with Crippen molar-refractivity contribution in [2.75, 3.05) is 11.5 Å². The van der Waals surface area contributed by atoms with Gasteiger partial charge in [0.15, 0.2) is 0 Å². The van der Waals surface area contributed by atoms with Crippen molar-refractivity contribution in [3.8, 4) is 0 Å². The minimum atomic E-state index is 1.26. The summed E-state index contributed by atoms with van der Waals surface area (Å²) in [7, 11) is 0. The average Bonchev–Trinajstić information content (AvgIpc) is 2.10. The van der Waals surface area contributed by atoms with E-state index in [0.717, 1.165) is 0 Å². The zero-order chi connectivity index (χ0) is 8.36. The van der Waals surface area contributed by atoms with Crippen LogP contribution in [0.4, 0.5) is 0 Å². The Balaban J connectivity index is 0.000000187. The van der Waals surface area contributed by atoms with E-state index in [1.54, 1.807) is 0 Å². The maximum atomic E-state index is 2.17. The molecule has 2 heteroatoms. The van der Waals surface area contributed by atoms with Crippen LogP contribution in [-0.4, -0.2) is 18.4 Å². The summed E-state index contributed by atoms with van der Waals surface area (Å²) in [5, 5.41) is 0. The summed E-state index contributed by atoms with van der Waals surface area (Å²) >= 11 is 1.96. The maximum absolute atomic E-state index is 2.17. The van der Waals surface area contributed by atoms with E-state index in [0.29, 0.717) is 0 Å². The fourth-order valence-electron chi connectivity index (χ4n) is 0.589. The van der Waals surface area contributed by atoms with Gasteiger partial charge >= 0.3 is 37.0 Å². The summed E-state index contributed by atoms with van der Waals surface area (Å²) in [6, 6.07) is 6.00. The Kier molecular flexibility index (Phi) is 9.56. The van der Waals surface area contributed by atoms with E-state index in [-0.39, 0.29) is 0 Å². The molecule has 0 aliphatic heterocycles. The van der Waals surface area contributed by atoms with Crippen LogP contribution < -0.4 is 0 Å². The standard InChI is InChI=1S/C5H5B.C4H10S/c1-2-4-6-5-3-1;1-3-5-4-2/h1-5H;3-4H2,1-2H3. The van der Waals surface area contributed by atoms with Crippen molar-refractivity contribution in [3.63, 3.8) is 0 Å². The zero-order valence-electron chi connectivity index (χ0n) is 7.29. The summed E-state index contributed by atoms with van der Waals surface area (Å²) in [6.45, 7) is 6.35. The van der Waals surface area contributed by atoms with Crippen molar-refractivity contribution in [2.45, 2.75) is 13.8 Å². The molecule has 0 radical (unpaired) electrons. The topological polar surface area (TPSA) is 0 Å². The van der Waals surface area contributed by atoms with Gasteiger partial charge in [-0.25, -0.2) is 0 Å². The van der Waals surface area contributed by atoms with Gasteiger partial charge in [0.05, 0.1) is 0 Å². The Labute approximate surface area is 74.6 Å². The normalized spacial score (nSPS) is 7.82. The van der Waals surface area contributed by atoms with Gasteiger partial charge in [0.1, 0.15) is 0 Å². The molecule has 11 heavy (non-hydrogen) atoms. The summed E-state index contributed by atoms with van der Waals surface area (Å²) < 4.78 is 0. The molecule has 60 valence electrons. The number of thioether (sulfide) groups is 1. The Hall–Kier alpha value is -0.235. The van der Waals surface area contributed by atoms with Gasteiger partial charge in [-0.1, -0.05) is 13.8 Å². The van der Waals surface area contributed by atoms with Crippen molar-refractivity contribution in [1.82, 2.24) is 0 Å². The molecule has 0 aromatic carbocycles. The minimum absolute atomic E-state index is 1.26. The van der Waals surface area contributed by atoms with E-state index in [2.05, 4.69) is 13.8 Å². The molecule has 0 atom stereocenters. The third-order valence-electron chi connectivity index (χ3n) is 1.07. The molecular formula is C9H15BS. The summed E-state index contributed by atoms with van der Waals surface area (Å²) in [5.74, 6) is 6.52. The van der Waals surface area contributed by atoms with E-state index in [1.165, 1.54) is 11.5 Å². The third-order valence-corrected chi connectivity index (χ3v) is 1.89. The van der Waals surface area contributed by atoms with Gasteiger partial charge in [0.25, 0.3) is 0 Å². The van der Waals surface area contributed by atoms with Crippen LogP contribution in [0, 0.1) is 0 Å². The Morgan fingerprint density at radius 3 is 1.64 bits per heavy atom. The van der Waals surface area contributed by atoms with Crippen LogP contribution in [0.1, 0.15) is 13.8 Å². The molecule has 0 aliphatic carbocycles. The molecule has 0 fully saturated rings. The average molecular weight is 166 g/mol. The molecular weight excluding hydrogens is 151 g/mol. The van der Waals surface area contributed by atoms with Crippen LogP contribution in [0.15, 0.2) is 30.1 Å². The van der Waals surface area contributed by atoms with Crippen molar-refractivity contribution in [2.24, 2.45) is 0 Å². The van der Waals surface area contributed by atoms with Gasteiger partial charge < -0.3 is 0 Å². The Morgan fingerprint density at radius 1 is 1.00 bits per heavy atom. The van der Waals surface area contributed by atoms with Crippen molar-refractivity contribution in [3.05, 3.63) is 30.1 Å². The molecule has 0 N–H and O–H groups in total. The van der Waals surface area contributed by atoms with Crippen LogP contribution in [-0.2, 0) is 0 Å². The molecule has 1 rings (SSSR count). The van der Waals surface area contributed by atoms with Crippen LogP contribution in [0.2, 0.25) is 0 Å². The molecule has 1 aromatic heterocycles. The summed E-state index contributed by atoms with van der Waals surface area (Å²) in [6.07, 6.45) is 0. The predicted octanol–water partition coefficient (Wildman–Crippen LogP) is 2.78. The van der Waals surface area contributed by atoms with Gasteiger partial charge in [0, 0.05) is 0 Å². The van der Waals surface area contributed by atoms with Gasteiger partial charge in [-0.05, 0) is 11.5 Å². The Bertz CT molecular complexity index is 113. The van der Waals surface area contributed by atoms with E-state index in [1.807, 2.05) is 48.8 Å². The SMILES string of the molecule is CCSCC.b1ccccc1. The first-order chi connectivity index (χ1) is 5.41. The molecule has 0 saturated carbocycles. The van der Waals surface area contributed by atoms with E-state index < -0.39 is 0 Å². The van der Waals surface area contributed by atoms with Crippen LogP contribution in [0.5, 0.6) is 0 Å². The van der Waals surface area contributed by atoms with E-state index in [9.17, 15) is 0 Å². The monoisotopic (exact) mass is 166 g/mol. The second-order valence-corrected chi connectivity index (χ2v) is 3.50. The van der Waals surface area contributed by atoms with Crippen molar-refractivity contribution in [1.29, 1.82) is 0 Å². The second-order valence-electron chi connectivity index (χ2n) is 1.94. The quantitative estimate of drug-likeness (QED) is 0.650. The zero-order valence-corrected chi connectivity index (χ0v) is 8.10. The van der Waals surface area contributed by atoms with Crippen LogP contribution in [0.3, 0.4) is 0 Å². The van der Waals surface area contributed by atoms with Gasteiger partial charge in [0.2, 0.25) is 0 Å². The third kappa shape index (κ3) is 9.76. The first-order valence-electron chi connectivity index (χ1n) is 3.99. The summed E-state index contributed by atoms with van der Waals surface area (Å²) in [4.78, 5) is 0. The predicted molar refractivity (Wildman–Crippen MR) is 56.5 cm³/mol. The van der Waals surface area contributed by atoms with Crippen LogP contribution in [0.25, 0.3) is 0 Å². The van der Waals surface area contributed by atoms with Gasteiger partial charge in [-0.2, -0.15) is 11.8 Å². The van der Waals surface area contributed by atoms with Gasteiger partial charge in [-0.3, -0.25) is 0 Å². The summed E-state index contributed by atoms with van der Waals surface area (Å²) in [5.41, 5.74) is 0. The fraction of sp³-hybridized carbons (Fsp3) is 0.444. The molecule has 0 unspecified atom stereocenters. The van der Waals surface area contributed by atoms with Gasteiger partial charge in [-0.15, -0.1) is 0 Å². The Morgan fingerprint density at radius 2 is 1.55 bits per heavy atom. The molecule has 1 aromatic rings. The number of hydrogen-bond acceptors (Lipinski definition) is 1. The molecule has 0 saturated heterocycles. The van der Waals surface area contributed by atoms with Crippen molar-refractivity contribution < 1.29 is 0 Å². The number of hydrogen-bond donors (Lipinski definition) is 0. The second kappa shape index (κ2) is 9.76. The molecule has 0 nitrogen and oxygen atoms in total. The molecule has 0 spiro atoms. The van der Waals surface area contributed by atoms with E-state index >= 15 is 0 Å². The molecule has 0 amide bonds. The fourth-order valence-corrected chi connectivity index (χ4v) is 0.997. The molecule has 0 bridgehead atoms. The first-order valence-corrected chi connectivity index (χ1v) is 5.15. The van der Waals surface area contributed by atoms with E-state index in [4.69, 9.17) is 0 Å². The number of rotatable bonds is 2. The van der Waals surface area contributed by atoms with Crippen molar-refractivity contribution >= 4 is 18.7 Å².